The molecule has 3 heteroatoms. The minimum absolute atomic E-state index is 0.969. The summed E-state index contributed by atoms with van der Waals surface area (Å²) in [4.78, 5) is 4.54. The lowest BCUT2D eigenvalue weighted by Crippen LogP contribution is -2.11. The number of benzene rings is 1. The summed E-state index contributed by atoms with van der Waals surface area (Å²) in [6, 6.07) is 8.20. The van der Waals surface area contributed by atoms with Crippen LogP contribution in [-0.4, -0.2) is 12.4 Å². The molecule has 0 bridgehead atoms. The smallest absolute Gasteiger partial charge is 0.101 e. The van der Waals surface area contributed by atoms with Crippen LogP contribution in [0.25, 0.3) is 0 Å². The van der Waals surface area contributed by atoms with Crippen molar-refractivity contribution in [3.8, 4) is 0 Å². The highest BCUT2D eigenvalue weighted by Crippen LogP contribution is 2.17. The van der Waals surface area contributed by atoms with Gasteiger partial charge in [-0.15, -0.1) is 0 Å². The van der Waals surface area contributed by atoms with Crippen LogP contribution in [0.1, 0.15) is 25.7 Å². The topological polar surface area (TPSA) is 24.4 Å². The monoisotopic (exact) mass is 266 g/mol. The summed E-state index contributed by atoms with van der Waals surface area (Å²) in [5.74, 6) is 1.13. The van der Waals surface area contributed by atoms with Crippen LogP contribution < -0.4 is 5.32 Å². The SMILES string of the molecule is Brc1cccc(NC2=NCCCCC2)c1. The first-order valence-corrected chi connectivity index (χ1v) is 6.20. The van der Waals surface area contributed by atoms with Crippen LogP contribution in [0.4, 0.5) is 5.69 Å². The Morgan fingerprint density at radius 1 is 1.20 bits per heavy atom. The fraction of sp³-hybridized carbons (Fsp3) is 0.417. The van der Waals surface area contributed by atoms with Crippen LogP contribution >= 0.6 is 15.9 Å². The Kier molecular flexibility index (Phi) is 3.78. The minimum atomic E-state index is 0.969. The molecule has 0 aromatic heterocycles. The summed E-state index contributed by atoms with van der Waals surface area (Å²) in [5.41, 5.74) is 1.12. The molecule has 0 amide bonds. The Bertz CT molecular complexity index is 360. The third-order valence-corrected chi connectivity index (χ3v) is 2.98. The molecule has 0 saturated carbocycles. The lowest BCUT2D eigenvalue weighted by atomic mass is 10.2. The van der Waals surface area contributed by atoms with E-state index in [1.807, 2.05) is 12.1 Å². The third-order valence-electron chi connectivity index (χ3n) is 2.49. The number of hydrogen-bond donors (Lipinski definition) is 1. The molecule has 0 spiro atoms. The maximum absolute atomic E-state index is 4.54. The van der Waals surface area contributed by atoms with Crippen molar-refractivity contribution in [2.75, 3.05) is 11.9 Å². The fourth-order valence-corrected chi connectivity index (χ4v) is 2.11. The normalized spacial score (nSPS) is 16.7. The number of amidine groups is 1. The number of nitrogens with one attached hydrogen (secondary N) is 1. The molecule has 1 N–H and O–H groups in total. The maximum Gasteiger partial charge on any atom is 0.101 e. The molecule has 0 fully saturated rings. The second-order valence-electron chi connectivity index (χ2n) is 3.77. The Labute approximate surface area is 98.9 Å². The van der Waals surface area contributed by atoms with E-state index in [1.165, 1.54) is 19.3 Å². The van der Waals surface area contributed by atoms with Crippen molar-refractivity contribution in [1.82, 2.24) is 0 Å². The van der Waals surface area contributed by atoms with Gasteiger partial charge in [-0.05, 0) is 31.0 Å². The van der Waals surface area contributed by atoms with Gasteiger partial charge in [-0.25, -0.2) is 0 Å². The first-order chi connectivity index (χ1) is 7.34. The summed E-state index contributed by atoms with van der Waals surface area (Å²) >= 11 is 3.46. The molecule has 0 atom stereocenters. The van der Waals surface area contributed by atoms with Gasteiger partial charge in [0.05, 0.1) is 0 Å². The van der Waals surface area contributed by atoms with Gasteiger partial charge in [-0.3, -0.25) is 4.99 Å². The van der Waals surface area contributed by atoms with Crippen LogP contribution in [0, 0.1) is 0 Å². The molecule has 1 aromatic rings. The van der Waals surface area contributed by atoms with Crippen molar-refractivity contribution < 1.29 is 0 Å². The largest absolute Gasteiger partial charge is 0.344 e. The second-order valence-corrected chi connectivity index (χ2v) is 4.69. The zero-order valence-corrected chi connectivity index (χ0v) is 10.3. The highest BCUT2D eigenvalue weighted by molar-refractivity contribution is 9.10. The van der Waals surface area contributed by atoms with E-state index in [4.69, 9.17) is 0 Å². The maximum atomic E-state index is 4.54. The van der Waals surface area contributed by atoms with Gasteiger partial charge in [0.1, 0.15) is 5.84 Å². The zero-order valence-electron chi connectivity index (χ0n) is 8.67. The molecule has 2 nitrogen and oxygen atoms in total. The van der Waals surface area contributed by atoms with Crippen LogP contribution in [0.15, 0.2) is 33.7 Å². The summed E-state index contributed by atoms with van der Waals surface area (Å²) in [6.45, 7) is 0.969. The van der Waals surface area contributed by atoms with Crippen LogP contribution in [0.3, 0.4) is 0 Å². The lowest BCUT2D eigenvalue weighted by Gasteiger charge is -2.08. The molecule has 0 radical (unpaired) electrons. The standard InChI is InChI=1S/C12H15BrN2/c13-10-5-4-6-11(9-10)15-12-7-2-1-3-8-14-12/h4-6,9H,1-3,7-8H2,(H,14,15). The minimum Gasteiger partial charge on any atom is -0.344 e. The van der Waals surface area contributed by atoms with Crippen molar-refractivity contribution in [2.45, 2.75) is 25.7 Å². The van der Waals surface area contributed by atoms with E-state index in [9.17, 15) is 0 Å². The molecule has 1 aromatic carbocycles. The Morgan fingerprint density at radius 2 is 2.13 bits per heavy atom. The summed E-state index contributed by atoms with van der Waals surface area (Å²) in [7, 11) is 0. The zero-order chi connectivity index (χ0) is 10.5. The highest BCUT2D eigenvalue weighted by atomic mass is 79.9. The van der Waals surface area contributed by atoms with Crippen LogP contribution in [0.5, 0.6) is 0 Å². The van der Waals surface area contributed by atoms with Gasteiger partial charge in [0.25, 0.3) is 0 Å². The van der Waals surface area contributed by atoms with Crippen LogP contribution in [-0.2, 0) is 0 Å². The van der Waals surface area contributed by atoms with Crippen molar-refractivity contribution in [3.05, 3.63) is 28.7 Å². The Hall–Kier alpha value is -0.830. The van der Waals surface area contributed by atoms with E-state index in [2.05, 4.69) is 38.4 Å². The molecule has 0 aliphatic carbocycles. The van der Waals surface area contributed by atoms with Gasteiger partial charge in [0, 0.05) is 23.1 Å². The first kappa shape index (κ1) is 10.7. The van der Waals surface area contributed by atoms with E-state index < -0.39 is 0 Å². The number of hydrogen-bond acceptors (Lipinski definition) is 2. The van der Waals surface area contributed by atoms with E-state index in [-0.39, 0.29) is 0 Å². The van der Waals surface area contributed by atoms with Crippen molar-refractivity contribution >= 4 is 27.5 Å². The summed E-state index contributed by atoms with van der Waals surface area (Å²) < 4.78 is 1.10. The molecule has 80 valence electrons. The first-order valence-electron chi connectivity index (χ1n) is 5.40. The van der Waals surface area contributed by atoms with Gasteiger partial charge in [0.15, 0.2) is 0 Å². The average Bonchev–Trinajstić information content (AvgIpc) is 2.46. The second kappa shape index (κ2) is 5.31. The summed E-state index contributed by atoms with van der Waals surface area (Å²) in [5, 5.41) is 3.38. The fourth-order valence-electron chi connectivity index (χ4n) is 1.71. The Morgan fingerprint density at radius 3 is 3.00 bits per heavy atom. The van der Waals surface area contributed by atoms with Crippen molar-refractivity contribution in [3.63, 3.8) is 0 Å². The van der Waals surface area contributed by atoms with Gasteiger partial charge >= 0.3 is 0 Å². The molecule has 1 aliphatic rings. The third kappa shape index (κ3) is 3.34. The molecule has 15 heavy (non-hydrogen) atoms. The predicted octanol–water partition coefficient (Wildman–Crippen LogP) is 3.83. The van der Waals surface area contributed by atoms with E-state index in [1.54, 1.807) is 0 Å². The average molecular weight is 267 g/mol. The number of aliphatic imine (C=N–C) groups is 1. The lowest BCUT2D eigenvalue weighted by molar-refractivity contribution is 0.731. The predicted molar refractivity (Wildman–Crippen MR) is 68.5 cm³/mol. The molecule has 1 heterocycles. The number of halogens is 1. The van der Waals surface area contributed by atoms with E-state index in [0.29, 0.717) is 0 Å². The molecule has 0 saturated heterocycles. The number of rotatable bonds is 1. The molecular formula is C12H15BrN2. The van der Waals surface area contributed by atoms with Gasteiger partial charge in [-0.1, -0.05) is 28.4 Å². The van der Waals surface area contributed by atoms with Crippen LogP contribution in [0.2, 0.25) is 0 Å². The number of anilines is 1. The number of nitrogens with zero attached hydrogens (tertiary/aromatic N) is 1. The molecule has 0 unspecified atom stereocenters. The van der Waals surface area contributed by atoms with Gasteiger partial charge in [0.2, 0.25) is 0 Å². The Balaban J connectivity index is 2.04. The van der Waals surface area contributed by atoms with Crippen molar-refractivity contribution in [1.29, 1.82) is 0 Å². The van der Waals surface area contributed by atoms with E-state index in [0.717, 1.165) is 29.0 Å². The van der Waals surface area contributed by atoms with Gasteiger partial charge in [-0.2, -0.15) is 0 Å². The summed E-state index contributed by atoms with van der Waals surface area (Å²) in [6.07, 6.45) is 4.85. The van der Waals surface area contributed by atoms with Gasteiger partial charge < -0.3 is 5.32 Å². The van der Waals surface area contributed by atoms with E-state index >= 15 is 0 Å². The molecule has 2 rings (SSSR count). The molecular weight excluding hydrogens is 252 g/mol. The quantitative estimate of drug-likeness (QED) is 0.821. The highest BCUT2D eigenvalue weighted by Gasteiger charge is 2.04. The van der Waals surface area contributed by atoms with Crippen molar-refractivity contribution in [2.24, 2.45) is 4.99 Å². The molecule has 1 aliphatic heterocycles.